The van der Waals surface area contributed by atoms with Crippen molar-refractivity contribution < 1.29 is 28.4 Å². The zero-order valence-electron chi connectivity index (χ0n) is 12.9. The smallest absolute Gasteiger partial charge is 0.248 e. The summed E-state index contributed by atoms with van der Waals surface area (Å²) in [6, 6.07) is 0. The quantitative estimate of drug-likeness (QED) is 0.725. The van der Waals surface area contributed by atoms with Crippen LogP contribution >= 0.6 is 0 Å². The van der Waals surface area contributed by atoms with Crippen LogP contribution in [0, 0.1) is 0 Å². The van der Waals surface area contributed by atoms with Crippen molar-refractivity contribution >= 4 is 0 Å². The molecule has 2 saturated heterocycles. The lowest BCUT2D eigenvalue weighted by Crippen LogP contribution is -2.65. The summed E-state index contributed by atoms with van der Waals surface area (Å²) in [5, 5.41) is 0. The highest BCUT2D eigenvalue weighted by molar-refractivity contribution is 5.35. The van der Waals surface area contributed by atoms with Crippen LogP contribution in [0.25, 0.3) is 0 Å². The van der Waals surface area contributed by atoms with E-state index in [9.17, 15) is 0 Å². The van der Waals surface area contributed by atoms with E-state index in [1.165, 1.54) is 0 Å². The van der Waals surface area contributed by atoms with Crippen LogP contribution < -0.4 is 0 Å². The summed E-state index contributed by atoms with van der Waals surface area (Å²) in [6.45, 7) is 3.36. The van der Waals surface area contributed by atoms with Gasteiger partial charge in [0.05, 0.1) is 19.8 Å². The van der Waals surface area contributed by atoms with Crippen molar-refractivity contribution in [3.63, 3.8) is 0 Å². The highest BCUT2D eigenvalue weighted by Gasteiger charge is 2.62. The molecule has 118 valence electrons. The molecular weight excluding hydrogens is 276 g/mol. The molecule has 1 aliphatic carbocycles. The van der Waals surface area contributed by atoms with E-state index in [-0.39, 0.29) is 0 Å². The van der Waals surface area contributed by atoms with E-state index in [1.54, 1.807) is 33.5 Å². The summed E-state index contributed by atoms with van der Waals surface area (Å²) in [7, 11) is 4.81. The second kappa shape index (κ2) is 4.87. The average molecular weight is 298 g/mol. The van der Waals surface area contributed by atoms with Crippen molar-refractivity contribution in [2.45, 2.75) is 29.7 Å². The Kier molecular flexibility index (Phi) is 3.52. The molecule has 3 rings (SSSR count). The molecule has 0 amide bonds. The van der Waals surface area contributed by atoms with Gasteiger partial charge in [-0.2, -0.15) is 0 Å². The van der Waals surface area contributed by atoms with Gasteiger partial charge in [0.1, 0.15) is 11.2 Å². The Morgan fingerprint density at radius 1 is 0.762 bits per heavy atom. The maximum absolute atomic E-state index is 5.85. The first-order chi connectivity index (χ1) is 10.0. The van der Waals surface area contributed by atoms with E-state index >= 15 is 0 Å². The van der Waals surface area contributed by atoms with E-state index < -0.39 is 22.8 Å². The Balaban J connectivity index is 2.07. The van der Waals surface area contributed by atoms with Gasteiger partial charge in [-0.1, -0.05) is 0 Å². The standard InChI is InChI=1S/C15H22O6/c1-12(16-2)11-21-13(12)5-7-14(17-3)15(18-4,8-6-13)20-10-9-19-14/h5-8H,9-11H2,1-4H3/t12?,14-,15-/m0/s1. The highest BCUT2D eigenvalue weighted by atomic mass is 16.8. The van der Waals surface area contributed by atoms with Crippen LogP contribution in [0.5, 0.6) is 0 Å². The van der Waals surface area contributed by atoms with Gasteiger partial charge in [-0.25, -0.2) is 0 Å². The Morgan fingerprint density at radius 2 is 1.29 bits per heavy atom. The first-order valence-corrected chi connectivity index (χ1v) is 6.99. The van der Waals surface area contributed by atoms with Crippen molar-refractivity contribution in [3.05, 3.63) is 24.3 Å². The minimum Gasteiger partial charge on any atom is -0.372 e. The molecule has 21 heavy (non-hydrogen) atoms. The van der Waals surface area contributed by atoms with Crippen molar-refractivity contribution in [1.82, 2.24) is 0 Å². The van der Waals surface area contributed by atoms with Crippen molar-refractivity contribution in [2.75, 3.05) is 41.2 Å². The molecule has 0 bridgehead atoms. The fourth-order valence-corrected chi connectivity index (χ4v) is 3.09. The summed E-state index contributed by atoms with van der Waals surface area (Å²) < 4.78 is 34.4. The minimum absolute atomic E-state index is 0.423. The molecule has 3 atom stereocenters. The second-order valence-electron chi connectivity index (χ2n) is 5.62. The largest absolute Gasteiger partial charge is 0.372 e. The van der Waals surface area contributed by atoms with Gasteiger partial charge >= 0.3 is 0 Å². The van der Waals surface area contributed by atoms with Crippen LogP contribution in [0.15, 0.2) is 24.3 Å². The monoisotopic (exact) mass is 298 g/mol. The van der Waals surface area contributed by atoms with Gasteiger partial charge in [-0.15, -0.1) is 0 Å². The number of ether oxygens (including phenoxy) is 6. The molecular formula is C15H22O6. The molecule has 1 unspecified atom stereocenters. The molecule has 0 aromatic carbocycles. The van der Waals surface area contributed by atoms with Crippen molar-refractivity contribution in [3.8, 4) is 0 Å². The Hall–Kier alpha value is -0.760. The molecule has 0 saturated carbocycles. The predicted octanol–water partition coefficient (Wildman–Crippen LogP) is 1.02. The Bertz CT molecular complexity index is 441. The predicted molar refractivity (Wildman–Crippen MR) is 73.8 cm³/mol. The number of methoxy groups -OCH3 is 3. The molecule has 2 heterocycles. The van der Waals surface area contributed by atoms with Crippen molar-refractivity contribution in [2.24, 2.45) is 0 Å². The number of hydrogen-bond acceptors (Lipinski definition) is 6. The molecule has 6 heteroatoms. The van der Waals surface area contributed by atoms with Gasteiger partial charge in [0.25, 0.3) is 0 Å². The fraction of sp³-hybridized carbons (Fsp3) is 0.733. The topological polar surface area (TPSA) is 55.4 Å². The summed E-state index contributed by atoms with van der Waals surface area (Å²) in [5.74, 6) is -2.29. The molecule has 3 aliphatic rings. The third-order valence-corrected chi connectivity index (χ3v) is 4.77. The van der Waals surface area contributed by atoms with E-state index in [0.29, 0.717) is 19.8 Å². The lowest BCUT2D eigenvalue weighted by atomic mass is 9.78. The molecule has 0 radical (unpaired) electrons. The SMILES string of the molecule is COC1(C)COC12C=C[C@]1(OC)OCCO[C@@]1(OC)C=C2. The van der Waals surface area contributed by atoms with Gasteiger partial charge in [0.15, 0.2) is 0 Å². The fourth-order valence-electron chi connectivity index (χ4n) is 3.09. The summed E-state index contributed by atoms with van der Waals surface area (Å²) >= 11 is 0. The van der Waals surface area contributed by atoms with Gasteiger partial charge in [0.2, 0.25) is 11.6 Å². The van der Waals surface area contributed by atoms with Crippen LogP contribution in [-0.4, -0.2) is 63.9 Å². The molecule has 1 spiro atoms. The maximum atomic E-state index is 5.85. The zero-order valence-corrected chi connectivity index (χ0v) is 12.9. The van der Waals surface area contributed by atoms with E-state index in [2.05, 4.69) is 0 Å². The van der Waals surface area contributed by atoms with Crippen LogP contribution in [0.2, 0.25) is 0 Å². The molecule has 0 aromatic heterocycles. The minimum atomic E-state index is -1.15. The number of hydrogen-bond donors (Lipinski definition) is 0. The second-order valence-corrected chi connectivity index (χ2v) is 5.62. The third-order valence-electron chi connectivity index (χ3n) is 4.77. The van der Waals surface area contributed by atoms with Crippen molar-refractivity contribution in [1.29, 1.82) is 0 Å². The Labute approximate surface area is 124 Å². The normalized spacial score (nSPS) is 44.2. The number of rotatable bonds is 3. The molecule has 2 aliphatic heterocycles. The van der Waals surface area contributed by atoms with E-state index in [1.807, 2.05) is 19.1 Å². The third kappa shape index (κ3) is 1.81. The molecule has 6 nitrogen and oxygen atoms in total. The lowest BCUT2D eigenvalue weighted by molar-refractivity contribution is -0.389. The van der Waals surface area contributed by atoms with E-state index in [4.69, 9.17) is 28.4 Å². The summed E-state index contributed by atoms with van der Waals surface area (Å²) in [5.41, 5.74) is -1.12. The Morgan fingerprint density at radius 3 is 1.62 bits per heavy atom. The molecule has 0 aromatic rings. The van der Waals surface area contributed by atoms with Crippen LogP contribution in [-0.2, 0) is 28.4 Å². The van der Waals surface area contributed by atoms with E-state index in [0.717, 1.165) is 0 Å². The van der Waals surface area contributed by atoms with Gasteiger partial charge in [-0.05, 0) is 31.2 Å². The zero-order chi connectivity index (χ0) is 15.2. The van der Waals surface area contributed by atoms with Crippen LogP contribution in [0.4, 0.5) is 0 Å². The molecule has 0 N–H and O–H groups in total. The van der Waals surface area contributed by atoms with Gasteiger partial charge < -0.3 is 28.4 Å². The summed E-state index contributed by atoms with van der Waals surface area (Å²) in [6.07, 6.45) is 7.39. The molecule has 2 fully saturated rings. The number of fused-ring (bicyclic) bond motifs is 1. The van der Waals surface area contributed by atoms with Gasteiger partial charge in [-0.3, -0.25) is 0 Å². The van der Waals surface area contributed by atoms with Gasteiger partial charge in [0, 0.05) is 21.3 Å². The lowest BCUT2D eigenvalue weighted by Gasteiger charge is -2.53. The average Bonchev–Trinajstić information content (AvgIpc) is 2.70. The first-order valence-electron chi connectivity index (χ1n) is 6.99. The summed E-state index contributed by atoms with van der Waals surface area (Å²) in [4.78, 5) is 0. The van der Waals surface area contributed by atoms with Crippen LogP contribution in [0.1, 0.15) is 6.92 Å². The van der Waals surface area contributed by atoms with Crippen LogP contribution in [0.3, 0.4) is 0 Å². The highest BCUT2D eigenvalue weighted by Crippen LogP contribution is 2.47. The maximum Gasteiger partial charge on any atom is 0.248 e. The first kappa shape index (κ1) is 15.1.